The highest BCUT2D eigenvalue weighted by Gasteiger charge is 2.04. The summed E-state index contributed by atoms with van der Waals surface area (Å²) in [4.78, 5) is 15.1. The van der Waals surface area contributed by atoms with Gasteiger partial charge in [-0.15, -0.1) is 0 Å². The Hall–Kier alpha value is -1.36. The fourth-order valence-electron chi connectivity index (χ4n) is 0.996. The van der Waals surface area contributed by atoms with Crippen molar-refractivity contribution >= 4 is 5.91 Å². The third-order valence-electron chi connectivity index (χ3n) is 1.67. The average molecular weight is 198 g/mol. The van der Waals surface area contributed by atoms with Gasteiger partial charge in [-0.2, -0.15) is 0 Å². The van der Waals surface area contributed by atoms with Crippen molar-refractivity contribution in [3.8, 4) is 0 Å². The first-order valence-electron chi connectivity index (χ1n) is 4.45. The van der Waals surface area contributed by atoms with Gasteiger partial charge in [0.15, 0.2) is 6.39 Å². The zero-order valence-corrected chi connectivity index (χ0v) is 8.16. The Balaban J connectivity index is 2.11. The van der Waals surface area contributed by atoms with E-state index in [0.29, 0.717) is 18.8 Å². The van der Waals surface area contributed by atoms with Gasteiger partial charge in [0.2, 0.25) is 5.91 Å². The molecule has 5 nitrogen and oxygen atoms in total. The monoisotopic (exact) mass is 198 g/mol. The van der Waals surface area contributed by atoms with Gasteiger partial charge in [0.25, 0.3) is 0 Å². The normalized spacial score (nSPS) is 10.1. The molecule has 0 aliphatic rings. The average Bonchev–Trinajstić information content (AvgIpc) is 2.65. The molecule has 1 N–H and O–H groups in total. The van der Waals surface area contributed by atoms with Crippen LogP contribution in [-0.2, 0) is 16.0 Å². The number of carbonyl (C=O) groups excluding carboxylic acids is 1. The van der Waals surface area contributed by atoms with Crippen LogP contribution in [0.3, 0.4) is 0 Å². The van der Waals surface area contributed by atoms with Crippen molar-refractivity contribution in [3.05, 3.63) is 18.4 Å². The Morgan fingerprint density at radius 1 is 1.71 bits per heavy atom. The van der Waals surface area contributed by atoms with Crippen LogP contribution >= 0.6 is 0 Å². The molecule has 0 saturated carbocycles. The van der Waals surface area contributed by atoms with Crippen molar-refractivity contribution in [2.24, 2.45) is 0 Å². The third-order valence-corrected chi connectivity index (χ3v) is 1.67. The van der Waals surface area contributed by atoms with E-state index in [9.17, 15) is 4.79 Å². The van der Waals surface area contributed by atoms with Gasteiger partial charge in [0, 0.05) is 20.3 Å². The maximum Gasteiger partial charge on any atom is 0.226 e. The first-order chi connectivity index (χ1) is 6.83. The van der Waals surface area contributed by atoms with Gasteiger partial charge < -0.3 is 14.5 Å². The molecule has 0 bridgehead atoms. The number of methoxy groups -OCH3 is 1. The van der Waals surface area contributed by atoms with E-state index in [2.05, 4.69) is 10.3 Å². The van der Waals surface area contributed by atoms with Crippen molar-refractivity contribution in [1.29, 1.82) is 0 Å². The minimum Gasteiger partial charge on any atom is -0.451 e. The lowest BCUT2D eigenvalue weighted by Gasteiger charge is -2.02. The van der Waals surface area contributed by atoms with Crippen LogP contribution < -0.4 is 5.32 Å². The van der Waals surface area contributed by atoms with Crippen molar-refractivity contribution in [3.63, 3.8) is 0 Å². The number of aromatic nitrogens is 1. The van der Waals surface area contributed by atoms with E-state index in [0.717, 1.165) is 6.42 Å². The molecule has 1 aromatic rings. The van der Waals surface area contributed by atoms with Crippen molar-refractivity contribution in [2.45, 2.75) is 12.8 Å². The van der Waals surface area contributed by atoms with Gasteiger partial charge in [-0.25, -0.2) is 4.98 Å². The molecule has 0 saturated heterocycles. The Morgan fingerprint density at radius 3 is 3.21 bits per heavy atom. The highest BCUT2D eigenvalue weighted by molar-refractivity contribution is 5.77. The SMILES string of the molecule is COCCCNC(=O)Cc1cocn1. The van der Waals surface area contributed by atoms with Crippen LogP contribution in [0.15, 0.2) is 17.1 Å². The first-order valence-corrected chi connectivity index (χ1v) is 4.45. The molecule has 0 fully saturated rings. The number of oxazole rings is 1. The number of rotatable bonds is 6. The van der Waals surface area contributed by atoms with E-state index in [4.69, 9.17) is 9.15 Å². The molecule has 0 spiro atoms. The number of hydrogen-bond acceptors (Lipinski definition) is 4. The van der Waals surface area contributed by atoms with Crippen molar-refractivity contribution < 1.29 is 13.9 Å². The second-order valence-electron chi connectivity index (χ2n) is 2.85. The lowest BCUT2D eigenvalue weighted by Crippen LogP contribution is -2.26. The number of nitrogens with zero attached hydrogens (tertiary/aromatic N) is 1. The van der Waals surface area contributed by atoms with Crippen LogP contribution in [0.25, 0.3) is 0 Å². The van der Waals surface area contributed by atoms with Gasteiger partial charge >= 0.3 is 0 Å². The zero-order valence-electron chi connectivity index (χ0n) is 8.16. The minimum absolute atomic E-state index is 0.0463. The number of hydrogen-bond donors (Lipinski definition) is 1. The summed E-state index contributed by atoms with van der Waals surface area (Å²) in [7, 11) is 1.64. The highest BCUT2D eigenvalue weighted by atomic mass is 16.5. The molecule has 0 atom stereocenters. The summed E-state index contributed by atoms with van der Waals surface area (Å²) in [6.45, 7) is 1.29. The van der Waals surface area contributed by atoms with E-state index < -0.39 is 0 Å². The van der Waals surface area contributed by atoms with Crippen molar-refractivity contribution in [1.82, 2.24) is 10.3 Å². The molecular formula is C9H14N2O3. The Labute approximate surface area is 82.5 Å². The molecule has 0 radical (unpaired) electrons. The van der Waals surface area contributed by atoms with E-state index >= 15 is 0 Å². The summed E-state index contributed by atoms with van der Waals surface area (Å²) in [6.07, 6.45) is 3.87. The van der Waals surface area contributed by atoms with E-state index in [-0.39, 0.29) is 12.3 Å². The Bertz CT molecular complexity index is 259. The lowest BCUT2D eigenvalue weighted by molar-refractivity contribution is -0.120. The van der Waals surface area contributed by atoms with Crippen molar-refractivity contribution in [2.75, 3.05) is 20.3 Å². The smallest absolute Gasteiger partial charge is 0.226 e. The van der Waals surface area contributed by atoms with E-state index in [1.807, 2.05) is 0 Å². The number of ether oxygens (including phenoxy) is 1. The summed E-state index contributed by atoms with van der Waals surface area (Å²) in [5.74, 6) is -0.0463. The highest BCUT2D eigenvalue weighted by Crippen LogP contribution is 1.94. The Kier molecular flexibility index (Phi) is 4.71. The molecular weight excluding hydrogens is 184 g/mol. The van der Waals surface area contributed by atoms with Gasteiger partial charge in [-0.3, -0.25) is 4.79 Å². The van der Waals surface area contributed by atoms with Crippen LogP contribution in [0.5, 0.6) is 0 Å². The summed E-state index contributed by atoms with van der Waals surface area (Å²) in [5.41, 5.74) is 0.647. The molecule has 78 valence electrons. The van der Waals surface area contributed by atoms with Crippen LogP contribution in [-0.4, -0.2) is 31.2 Å². The molecule has 0 unspecified atom stereocenters. The van der Waals surface area contributed by atoms with Gasteiger partial charge in [-0.1, -0.05) is 0 Å². The van der Waals surface area contributed by atoms with E-state index in [1.165, 1.54) is 12.7 Å². The molecule has 0 aliphatic carbocycles. The van der Waals surface area contributed by atoms with Gasteiger partial charge in [-0.05, 0) is 6.42 Å². The van der Waals surface area contributed by atoms with Crippen LogP contribution in [0.1, 0.15) is 12.1 Å². The maximum absolute atomic E-state index is 11.2. The molecule has 0 aromatic carbocycles. The minimum atomic E-state index is -0.0463. The zero-order chi connectivity index (χ0) is 10.2. The second-order valence-corrected chi connectivity index (χ2v) is 2.85. The maximum atomic E-state index is 11.2. The fourth-order valence-corrected chi connectivity index (χ4v) is 0.996. The lowest BCUT2D eigenvalue weighted by atomic mass is 10.3. The Morgan fingerprint density at radius 2 is 2.57 bits per heavy atom. The summed E-state index contributed by atoms with van der Waals surface area (Å²) < 4.78 is 9.60. The molecule has 0 aliphatic heterocycles. The largest absolute Gasteiger partial charge is 0.451 e. The quantitative estimate of drug-likeness (QED) is 0.671. The number of amides is 1. The molecule has 1 amide bonds. The molecule has 1 heterocycles. The first kappa shape index (κ1) is 10.7. The standard InChI is InChI=1S/C9H14N2O3/c1-13-4-2-3-10-9(12)5-8-6-14-7-11-8/h6-7H,2-5H2,1H3,(H,10,12). The summed E-state index contributed by atoms with van der Waals surface area (Å²) >= 11 is 0. The van der Waals surface area contributed by atoms with E-state index in [1.54, 1.807) is 7.11 Å². The van der Waals surface area contributed by atoms with Crippen LogP contribution in [0.4, 0.5) is 0 Å². The summed E-state index contributed by atoms with van der Waals surface area (Å²) in [5, 5.41) is 2.76. The third kappa shape index (κ3) is 4.04. The predicted octanol–water partition coefficient (Wildman–Crippen LogP) is 0.370. The molecule has 1 rings (SSSR count). The predicted molar refractivity (Wildman–Crippen MR) is 49.7 cm³/mol. The molecule has 14 heavy (non-hydrogen) atoms. The molecule has 1 aromatic heterocycles. The van der Waals surface area contributed by atoms with Crippen LogP contribution in [0, 0.1) is 0 Å². The molecule has 5 heteroatoms. The number of nitrogens with one attached hydrogen (secondary N) is 1. The summed E-state index contributed by atoms with van der Waals surface area (Å²) in [6, 6.07) is 0. The van der Waals surface area contributed by atoms with Gasteiger partial charge in [0.1, 0.15) is 6.26 Å². The topological polar surface area (TPSA) is 64.4 Å². The number of carbonyl (C=O) groups is 1. The fraction of sp³-hybridized carbons (Fsp3) is 0.556. The van der Waals surface area contributed by atoms with Crippen LogP contribution in [0.2, 0.25) is 0 Å². The second kappa shape index (κ2) is 6.15. The van der Waals surface area contributed by atoms with Gasteiger partial charge in [0.05, 0.1) is 12.1 Å².